The molecule has 0 aliphatic heterocycles. The predicted octanol–water partition coefficient (Wildman–Crippen LogP) is 4.95. The minimum atomic E-state index is -0.178. The molecule has 0 bridgehead atoms. The molecule has 3 aromatic heterocycles. The van der Waals surface area contributed by atoms with Crippen molar-refractivity contribution in [1.29, 1.82) is 0 Å². The maximum atomic E-state index is 12.8. The van der Waals surface area contributed by atoms with Crippen LogP contribution in [0.2, 0.25) is 0 Å². The highest BCUT2D eigenvalue weighted by Gasteiger charge is 2.14. The van der Waals surface area contributed by atoms with Crippen molar-refractivity contribution in [1.82, 2.24) is 15.0 Å². The summed E-state index contributed by atoms with van der Waals surface area (Å²) in [4.78, 5) is 24.3. The van der Waals surface area contributed by atoms with Crippen molar-refractivity contribution in [3.8, 4) is 11.1 Å². The lowest BCUT2D eigenvalue weighted by Crippen LogP contribution is -2.12. The number of aromatic nitrogens is 3. The molecule has 1 amide bonds. The molecule has 0 aliphatic rings. The fraction of sp³-hybridized carbons (Fsp3) is 0.0500. The van der Waals surface area contributed by atoms with E-state index in [1.165, 1.54) is 0 Å². The molecule has 128 valence electrons. The van der Waals surface area contributed by atoms with Gasteiger partial charge in [-0.05, 0) is 52.2 Å². The van der Waals surface area contributed by atoms with E-state index in [0.29, 0.717) is 11.2 Å². The van der Waals surface area contributed by atoms with Crippen LogP contribution in [0, 0.1) is 6.92 Å². The van der Waals surface area contributed by atoms with Crippen molar-refractivity contribution in [2.75, 3.05) is 5.32 Å². The van der Waals surface area contributed by atoms with E-state index in [4.69, 9.17) is 0 Å². The number of anilines is 1. The van der Waals surface area contributed by atoms with Gasteiger partial charge in [0.25, 0.3) is 5.91 Å². The highest BCUT2D eigenvalue weighted by molar-refractivity contribution is 9.10. The number of nitrogens with one attached hydrogen (secondary N) is 2. The minimum Gasteiger partial charge on any atom is -0.345 e. The number of H-pyrrole nitrogens is 1. The van der Waals surface area contributed by atoms with E-state index in [1.54, 1.807) is 24.8 Å². The maximum absolute atomic E-state index is 12.8. The summed E-state index contributed by atoms with van der Waals surface area (Å²) in [5.74, 6) is -0.178. The lowest BCUT2D eigenvalue weighted by Gasteiger charge is -2.10. The molecule has 2 N–H and O–H groups in total. The van der Waals surface area contributed by atoms with Crippen LogP contribution in [0.25, 0.3) is 22.2 Å². The van der Waals surface area contributed by atoms with Crippen molar-refractivity contribution >= 4 is 38.6 Å². The zero-order chi connectivity index (χ0) is 18.1. The van der Waals surface area contributed by atoms with Crippen molar-refractivity contribution < 1.29 is 4.79 Å². The summed E-state index contributed by atoms with van der Waals surface area (Å²) in [5.41, 5.74) is 5.00. The Hall–Kier alpha value is -2.99. The van der Waals surface area contributed by atoms with Crippen LogP contribution < -0.4 is 5.32 Å². The maximum Gasteiger partial charge on any atom is 0.257 e. The molecule has 1 aromatic carbocycles. The Balaban J connectivity index is 1.68. The molecule has 0 atom stereocenters. The summed E-state index contributed by atoms with van der Waals surface area (Å²) in [6.07, 6.45) is 6.92. The number of halogens is 1. The van der Waals surface area contributed by atoms with Gasteiger partial charge < -0.3 is 10.3 Å². The van der Waals surface area contributed by atoms with Crippen molar-refractivity contribution in [3.63, 3.8) is 0 Å². The molecular formula is C20H15BrN4O. The highest BCUT2D eigenvalue weighted by Crippen LogP contribution is 2.26. The number of rotatable bonds is 3. The Morgan fingerprint density at radius 2 is 2.04 bits per heavy atom. The van der Waals surface area contributed by atoms with Gasteiger partial charge in [0.05, 0.1) is 5.56 Å². The number of hydrogen-bond donors (Lipinski definition) is 2. The standard InChI is InChI=1S/C20H15BrN4O/c1-12-4-5-13(14-3-2-6-22-9-14)7-18(12)25-20(26)17-11-24-19-16(17)8-15(21)10-23-19/h2-11H,1H3,(H,23,24)(H,25,26). The van der Waals surface area contributed by atoms with Crippen LogP contribution in [0.1, 0.15) is 15.9 Å². The van der Waals surface area contributed by atoms with Crippen molar-refractivity contribution in [2.45, 2.75) is 6.92 Å². The predicted molar refractivity (Wildman–Crippen MR) is 106 cm³/mol. The quantitative estimate of drug-likeness (QED) is 0.505. The second-order valence-corrected chi connectivity index (χ2v) is 6.89. The summed E-state index contributed by atoms with van der Waals surface area (Å²) in [6.45, 7) is 1.97. The van der Waals surface area contributed by atoms with Crippen LogP contribution in [0.3, 0.4) is 0 Å². The lowest BCUT2D eigenvalue weighted by molar-refractivity contribution is 0.102. The molecule has 3 heterocycles. The van der Waals surface area contributed by atoms with Gasteiger partial charge in [0.1, 0.15) is 5.65 Å². The van der Waals surface area contributed by atoms with Crippen LogP contribution in [-0.2, 0) is 0 Å². The first-order valence-electron chi connectivity index (χ1n) is 8.07. The van der Waals surface area contributed by atoms with Crippen LogP contribution in [-0.4, -0.2) is 20.9 Å². The molecule has 0 spiro atoms. The van der Waals surface area contributed by atoms with Gasteiger partial charge in [-0.25, -0.2) is 4.98 Å². The summed E-state index contributed by atoms with van der Waals surface area (Å²) in [5, 5.41) is 3.79. The first-order chi connectivity index (χ1) is 12.6. The SMILES string of the molecule is Cc1ccc(-c2cccnc2)cc1NC(=O)c1c[nH]c2ncc(Br)cc12. The molecule has 5 nitrogen and oxygen atoms in total. The van der Waals surface area contributed by atoms with Crippen LogP contribution in [0.4, 0.5) is 5.69 Å². The molecule has 4 aromatic rings. The van der Waals surface area contributed by atoms with E-state index in [1.807, 2.05) is 43.3 Å². The normalized spacial score (nSPS) is 10.8. The summed E-state index contributed by atoms with van der Waals surface area (Å²) in [6, 6.07) is 11.7. The van der Waals surface area contributed by atoms with Crippen LogP contribution in [0.15, 0.2) is 65.7 Å². The number of hydrogen-bond acceptors (Lipinski definition) is 3. The summed E-state index contributed by atoms with van der Waals surface area (Å²) >= 11 is 3.40. The third-order valence-electron chi connectivity index (χ3n) is 4.22. The highest BCUT2D eigenvalue weighted by atomic mass is 79.9. The van der Waals surface area contributed by atoms with Gasteiger partial charge in [-0.3, -0.25) is 9.78 Å². The Labute approximate surface area is 158 Å². The van der Waals surface area contributed by atoms with E-state index in [9.17, 15) is 4.79 Å². The van der Waals surface area contributed by atoms with Gasteiger partial charge in [-0.15, -0.1) is 0 Å². The van der Waals surface area contributed by atoms with E-state index in [-0.39, 0.29) is 5.91 Å². The average Bonchev–Trinajstić information content (AvgIpc) is 3.07. The second-order valence-electron chi connectivity index (χ2n) is 5.98. The number of carbonyl (C=O) groups excluding carboxylic acids is 1. The van der Waals surface area contributed by atoms with Crippen molar-refractivity contribution in [2.24, 2.45) is 0 Å². The summed E-state index contributed by atoms with van der Waals surface area (Å²) < 4.78 is 0.827. The first kappa shape index (κ1) is 16.5. The van der Waals surface area contributed by atoms with Crippen LogP contribution >= 0.6 is 15.9 Å². The minimum absolute atomic E-state index is 0.178. The van der Waals surface area contributed by atoms with E-state index in [2.05, 4.69) is 36.2 Å². The van der Waals surface area contributed by atoms with Gasteiger partial charge in [-0.2, -0.15) is 0 Å². The van der Waals surface area contributed by atoms with Gasteiger partial charge in [-0.1, -0.05) is 18.2 Å². The Bertz CT molecular complexity index is 1110. The van der Waals surface area contributed by atoms with E-state index >= 15 is 0 Å². The number of aromatic amines is 1. The van der Waals surface area contributed by atoms with Gasteiger partial charge in [0.2, 0.25) is 0 Å². The third-order valence-corrected chi connectivity index (χ3v) is 4.66. The van der Waals surface area contributed by atoms with E-state index in [0.717, 1.165) is 32.2 Å². The molecule has 0 fully saturated rings. The zero-order valence-electron chi connectivity index (χ0n) is 14.0. The lowest BCUT2D eigenvalue weighted by atomic mass is 10.0. The van der Waals surface area contributed by atoms with Crippen molar-refractivity contribution in [3.05, 3.63) is 76.8 Å². The molecule has 6 heteroatoms. The zero-order valence-corrected chi connectivity index (χ0v) is 15.5. The number of benzene rings is 1. The molecule has 0 saturated heterocycles. The first-order valence-corrected chi connectivity index (χ1v) is 8.86. The molecule has 0 aliphatic carbocycles. The number of nitrogens with zero attached hydrogens (tertiary/aromatic N) is 2. The molecule has 0 unspecified atom stereocenters. The van der Waals surface area contributed by atoms with Crippen LogP contribution in [0.5, 0.6) is 0 Å². The Morgan fingerprint density at radius 1 is 1.15 bits per heavy atom. The number of carbonyl (C=O) groups is 1. The second kappa shape index (κ2) is 6.72. The number of pyridine rings is 2. The summed E-state index contributed by atoms with van der Waals surface area (Å²) in [7, 11) is 0. The largest absolute Gasteiger partial charge is 0.345 e. The molecule has 0 radical (unpaired) electrons. The fourth-order valence-corrected chi connectivity index (χ4v) is 3.16. The number of fused-ring (bicyclic) bond motifs is 1. The fourth-order valence-electron chi connectivity index (χ4n) is 2.83. The Morgan fingerprint density at radius 3 is 2.85 bits per heavy atom. The van der Waals surface area contributed by atoms with Gasteiger partial charge in [0.15, 0.2) is 0 Å². The average molecular weight is 407 g/mol. The van der Waals surface area contributed by atoms with Gasteiger partial charge >= 0.3 is 0 Å². The topological polar surface area (TPSA) is 70.7 Å². The van der Waals surface area contributed by atoms with E-state index < -0.39 is 0 Å². The molecular weight excluding hydrogens is 392 g/mol. The molecule has 4 rings (SSSR count). The smallest absolute Gasteiger partial charge is 0.257 e. The van der Waals surface area contributed by atoms with Gasteiger partial charge in [0, 0.05) is 45.9 Å². The number of aryl methyl sites for hydroxylation is 1. The Kier molecular flexibility index (Phi) is 4.26. The third kappa shape index (κ3) is 3.11. The monoisotopic (exact) mass is 406 g/mol. The molecule has 0 saturated carbocycles. The molecule has 26 heavy (non-hydrogen) atoms. The number of amides is 1.